The van der Waals surface area contributed by atoms with E-state index in [9.17, 15) is 4.79 Å². The van der Waals surface area contributed by atoms with Crippen LogP contribution in [0.15, 0.2) is 66.9 Å². The molecule has 0 unspecified atom stereocenters. The van der Waals surface area contributed by atoms with E-state index >= 15 is 0 Å². The molecule has 0 spiro atoms. The van der Waals surface area contributed by atoms with Crippen molar-refractivity contribution in [2.24, 2.45) is 0 Å². The summed E-state index contributed by atoms with van der Waals surface area (Å²) in [6.45, 7) is 5.25. The summed E-state index contributed by atoms with van der Waals surface area (Å²) in [6.07, 6.45) is 9.33. The molecule has 1 N–H and O–H groups in total. The zero-order valence-corrected chi connectivity index (χ0v) is 19.9. The Morgan fingerprint density at radius 2 is 1.56 bits per heavy atom. The molecular formula is C29H34N4O. The number of rotatable bonds is 6. The number of pyridine rings is 1. The third kappa shape index (κ3) is 5.48. The number of amides is 1. The normalized spacial score (nSPS) is 16.9. The van der Waals surface area contributed by atoms with Crippen LogP contribution in [-0.2, 0) is 6.54 Å². The average molecular weight is 455 g/mol. The van der Waals surface area contributed by atoms with E-state index in [2.05, 4.69) is 56.5 Å². The number of hydrogen-bond acceptors (Lipinski definition) is 4. The van der Waals surface area contributed by atoms with Crippen molar-refractivity contribution in [1.29, 1.82) is 0 Å². The average Bonchev–Trinajstić information content (AvgIpc) is 2.91. The number of likely N-dealkylation sites (tertiary alicyclic amines) is 1. The van der Waals surface area contributed by atoms with Crippen LogP contribution in [0.3, 0.4) is 0 Å². The van der Waals surface area contributed by atoms with Gasteiger partial charge in [0.15, 0.2) is 0 Å². The van der Waals surface area contributed by atoms with E-state index in [1.165, 1.54) is 55.2 Å². The molecule has 1 amide bonds. The summed E-state index contributed by atoms with van der Waals surface area (Å²) in [6, 6.07) is 20.6. The van der Waals surface area contributed by atoms with Crippen LogP contribution in [0.2, 0.25) is 0 Å². The van der Waals surface area contributed by atoms with Gasteiger partial charge >= 0.3 is 0 Å². The van der Waals surface area contributed by atoms with Gasteiger partial charge in [-0.3, -0.25) is 9.69 Å². The lowest BCUT2D eigenvalue weighted by Crippen LogP contribution is -2.30. The first-order valence-electron chi connectivity index (χ1n) is 12.7. The third-order valence-corrected chi connectivity index (χ3v) is 6.98. The molecule has 0 atom stereocenters. The highest BCUT2D eigenvalue weighted by molar-refractivity contribution is 6.04. The lowest BCUT2D eigenvalue weighted by atomic mass is 9.96. The molecule has 2 saturated heterocycles. The molecule has 5 heteroatoms. The number of piperidine rings is 2. The summed E-state index contributed by atoms with van der Waals surface area (Å²) in [5.74, 6) is 0.903. The SMILES string of the molecule is O=C(Nc1ccc(N2CCCCC2)nc1)c1ccc(-c2ccccc2)c(CN2CCCCC2)c1. The Labute approximate surface area is 202 Å². The van der Waals surface area contributed by atoms with E-state index in [1.54, 1.807) is 6.20 Å². The maximum atomic E-state index is 13.1. The van der Waals surface area contributed by atoms with Crippen molar-refractivity contribution in [3.63, 3.8) is 0 Å². The predicted molar refractivity (Wildman–Crippen MR) is 139 cm³/mol. The minimum Gasteiger partial charge on any atom is -0.357 e. The van der Waals surface area contributed by atoms with Crippen molar-refractivity contribution < 1.29 is 4.79 Å². The molecule has 2 fully saturated rings. The van der Waals surface area contributed by atoms with E-state index in [1.807, 2.05) is 24.3 Å². The van der Waals surface area contributed by atoms with Crippen molar-refractivity contribution in [2.75, 3.05) is 36.4 Å². The van der Waals surface area contributed by atoms with Gasteiger partial charge in [-0.05, 0) is 86.1 Å². The Kier molecular flexibility index (Phi) is 7.20. The molecule has 2 aliphatic rings. The Morgan fingerprint density at radius 1 is 0.824 bits per heavy atom. The van der Waals surface area contributed by atoms with Gasteiger partial charge < -0.3 is 10.2 Å². The minimum atomic E-state index is -0.0907. The van der Waals surface area contributed by atoms with Crippen molar-refractivity contribution in [3.05, 3.63) is 78.0 Å². The Morgan fingerprint density at radius 3 is 2.26 bits per heavy atom. The van der Waals surface area contributed by atoms with Gasteiger partial charge in [0.1, 0.15) is 5.82 Å². The zero-order valence-electron chi connectivity index (χ0n) is 19.9. The highest BCUT2D eigenvalue weighted by Gasteiger charge is 2.17. The van der Waals surface area contributed by atoms with Crippen LogP contribution in [0, 0.1) is 0 Å². The monoisotopic (exact) mass is 454 g/mol. The molecule has 0 aliphatic carbocycles. The van der Waals surface area contributed by atoms with Crippen molar-refractivity contribution >= 4 is 17.4 Å². The first-order valence-corrected chi connectivity index (χ1v) is 12.7. The molecule has 3 heterocycles. The zero-order chi connectivity index (χ0) is 23.2. The summed E-state index contributed by atoms with van der Waals surface area (Å²) < 4.78 is 0. The largest absolute Gasteiger partial charge is 0.357 e. The smallest absolute Gasteiger partial charge is 0.255 e. The molecule has 0 bridgehead atoms. The second-order valence-electron chi connectivity index (χ2n) is 9.48. The Hall–Kier alpha value is -3.18. The standard InChI is InChI=1S/C29H34N4O/c34-29(31-26-13-15-28(30-21-26)33-18-8-3-9-19-33)24-12-14-27(23-10-4-1-5-11-23)25(20-24)22-32-16-6-2-7-17-32/h1,4-5,10-15,20-21H,2-3,6-9,16-19,22H2,(H,31,34). The van der Waals surface area contributed by atoms with Gasteiger partial charge in [-0.2, -0.15) is 0 Å². The van der Waals surface area contributed by atoms with Crippen LogP contribution in [0.4, 0.5) is 11.5 Å². The molecule has 3 aromatic rings. The number of anilines is 2. The van der Waals surface area contributed by atoms with Gasteiger partial charge in [-0.25, -0.2) is 4.98 Å². The number of nitrogens with one attached hydrogen (secondary N) is 1. The summed E-state index contributed by atoms with van der Waals surface area (Å²) in [5, 5.41) is 3.04. The predicted octanol–water partition coefficient (Wildman–Crippen LogP) is 5.98. The Bertz CT molecular complexity index is 1080. The summed E-state index contributed by atoms with van der Waals surface area (Å²) >= 11 is 0. The number of benzene rings is 2. The quantitative estimate of drug-likeness (QED) is 0.498. The third-order valence-electron chi connectivity index (χ3n) is 6.98. The number of hydrogen-bond donors (Lipinski definition) is 1. The fourth-order valence-electron chi connectivity index (χ4n) is 5.10. The van der Waals surface area contributed by atoms with E-state index in [0.29, 0.717) is 5.56 Å². The van der Waals surface area contributed by atoms with Gasteiger partial charge in [0, 0.05) is 25.2 Å². The molecule has 2 aliphatic heterocycles. The number of carbonyl (C=O) groups excluding carboxylic acids is 1. The van der Waals surface area contributed by atoms with E-state index in [4.69, 9.17) is 0 Å². The van der Waals surface area contributed by atoms with Crippen LogP contribution in [0.1, 0.15) is 54.4 Å². The maximum Gasteiger partial charge on any atom is 0.255 e. The number of nitrogens with zero attached hydrogens (tertiary/aromatic N) is 3. The summed E-state index contributed by atoms with van der Waals surface area (Å²) in [5.41, 5.74) is 5.02. The van der Waals surface area contributed by atoms with Crippen LogP contribution < -0.4 is 10.2 Å². The topological polar surface area (TPSA) is 48.5 Å². The first-order chi connectivity index (χ1) is 16.8. The van der Waals surface area contributed by atoms with Gasteiger partial charge in [0.05, 0.1) is 11.9 Å². The van der Waals surface area contributed by atoms with Crippen LogP contribution in [-0.4, -0.2) is 42.0 Å². The van der Waals surface area contributed by atoms with Crippen molar-refractivity contribution in [3.8, 4) is 11.1 Å². The summed E-state index contributed by atoms with van der Waals surface area (Å²) in [4.78, 5) is 22.6. The second kappa shape index (κ2) is 10.8. The number of aromatic nitrogens is 1. The molecular weight excluding hydrogens is 420 g/mol. The Balaban J connectivity index is 1.34. The molecule has 2 aromatic carbocycles. The second-order valence-corrected chi connectivity index (χ2v) is 9.48. The lowest BCUT2D eigenvalue weighted by Gasteiger charge is -2.27. The van der Waals surface area contributed by atoms with E-state index in [-0.39, 0.29) is 5.91 Å². The van der Waals surface area contributed by atoms with Gasteiger partial charge in [0.25, 0.3) is 5.91 Å². The molecule has 5 nitrogen and oxygen atoms in total. The molecule has 0 saturated carbocycles. The fourth-order valence-corrected chi connectivity index (χ4v) is 5.10. The van der Waals surface area contributed by atoms with Gasteiger partial charge in [-0.15, -0.1) is 0 Å². The highest BCUT2D eigenvalue weighted by Crippen LogP contribution is 2.27. The molecule has 1 aromatic heterocycles. The molecule has 34 heavy (non-hydrogen) atoms. The van der Waals surface area contributed by atoms with Crippen LogP contribution >= 0.6 is 0 Å². The number of carbonyl (C=O) groups is 1. The fraction of sp³-hybridized carbons (Fsp3) is 0.379. The van der Waals surface area contributed by atoms with E-state index < -0.39 is 0 Å². The van der Waals surface area contributed by atoms with Crippen molar-refractivity contribution in [2.45, 2.75) is 45.1 Å². The summed E-state index contributed by atoms with van der Waals surface area (Å²) in [7, 11) is 0. The van der Waals surface area contributed by atoms with Crippen LogP contribution in [0.5, 0.6) is 0 Å². The minimum absolute atomic E-state index is 0.0907. The maximum absolute atomic E-state index is 13.1. The molecule has 0 radical (unpaired) electrons. The highest BCUT2D eigenvalue weighted by atomic mass is 16.1. The molecule has 176 valence electrons. The van der Waals surface area contributed by atoms with Gasteiger partial charge in [0.2, 0.25) is 0 Å². The lowest BCUT2D eigenvalue weighted by molar-refractivity contribution is 0.102. The first kappa shape index (κ1) is 22.6. The van der Waals surface area contributed by atoms with Gasteiger partial charge in [-0.1, -0.05) is 42.8 Å². The van der Waals surface area contributed by atoms with Crippen molar-refractivity contribution in [1.82, 2.24) is 9.88 Å². The van der Waals surface area contributed by atoms with E-state index in [0.717, 1.165) is 44.2 Å². The van der Waals surface area contributed by atoms with Crippen LogP contribution in [0.25, 0.3) is 11.1 Å². The molecule has 5 rings (SSSR count).